The molecule has 0 bridgehead atoms. The van der Waals surface area contributed by atoms with Crippen molar-refractivity contribution in [2.75, 3.05) is 0 Å². The van der Waals surface area contributed by atoms with E-state index in [9.17, 15) is 10.2 Å². The van der Waals surface area contributed by atoms with Crippen LogP contribution < -0.4 is 0 Å². The molecule has 198 valence electrons. The maximum Gasteiger partial charge on any atom is 0.0713 e. The molecule has 0 atom stereocenters. The molecule has 2 fully saturated rings. The summed E-state index contributed by atoms with van der Waals surface area (Å²) in [6, 6.07) is 36.7. The van der Waals surface area contributed by atoms with Gasteiger partial charge in [0.2, 0.25) is 0 Å². The second-order valence-corrected chi connectivity index (χ2v) is 12.1. The van der Waals surface area contributed by atoms with E-state index in [-0.39, 0.29) is 17.6 Å². The molecule has 0 spiro atoms. The first-order chi connectivity index (χ1) is 19.1. The Morgan fingerprint density at radius 2 is 0.872 bits per heavy atom. The van der Waals surface area contributed by atoms with Crippen molar-refractivity contribution in [2.45, 2.75) is 80.8 Å². The Balaban J connectivity index is 1.43. The van der Waals surface area contributed by atoms with Crippen molar-refractivity contribution in [3.05, 3.63) is 130 Å². The molecule has 0 aliphatic heterocycles. The fourth-order valence-corrected chi connectivity index (χ4v) is 7.89. The number of aliphatic hydroxyl groups excluding tert-OH is 2. The summed E-state index contributed by atoms with van der Waals surface area (Å²) in [5.41, 5.74) is 10.4. The molecule has 0 saturated heterocycles. The molecule has 2 heteroatoms. The first-order valence-corrected chi connectivity index (χ1v) is 14.9. The highest BCUT2D eigenvalue weighted by molar-refractivity contribution is 5.86. The van der Waals surface area contributed by atoms with Crippen LogP contribution in [0, 0.1) is 0 Å². The zero-order chi connectivity index (χ0) is 26.4. The van der Waals surface area contributed by atoms with Gasteiger partial charge in [0, 0.05) is 0 Å². The highest BCUT2D eigenvalue weighted by atomic mass is 16.3. The molecule has 3 aliphatic carbocycles. The maximum atomic E-state index is 10.1. The van der Waals surface area contributed by atoms with Crippen molar-refractivity contribution in [1.29, 1.82) is 0 Å². The molecule has 0 radical (unpaired) electrons. The largest absolute Gasteiger partial charge is 0.393 e. The van der Waals surface area contributed by atoms with Gasteiger partial charge in [-0.3, -0.25) is 0 Å². The maximum absolute atomic E-state index is 10.1. The fraction of sp³-hybridized carbons (Fsp3) is 0.351. The van der Waals surface area contributed by atoms with Gasteiger partial charge in [0.15, 0.2) is 0 Å². The van der Waals surface area contributed by atoms with Crippen LogP contribution in [0.25, 0.3) is 11.1 Å². The second-order valence-electron chi connectivity index (χ2n) is 12.1. The Kier molecular flexibility index (Phi) is 6.41. The quantitative estimate of drug-likeness (QED) is 0.254. The molecule has 0 unspecified atom stereocenters. The van der Waals surface area contributed by atoms with E-state index in [0.29, 0.717) is 11.8 Å². The summed E-state index contributed by atoms with van der Waals surface area (Å²) in [6.07, 6.45) is 7.48. The molecule has 4 aromatic rings. The third kappa shape index (κ3) is 4.17. The smallest absolute Gasteiger partial charge is 0.0713 e. The van der Waals surface area contributed by atoms with Gasteiger partial charge in [-0.2, -0.15) is 0 Å². The summed E-state index contributed by atoms with van der Waals surface area (Å²) in [7, 11) is 0. The van der Waals surface area contributed by atoms with Gasteiger partial charge >= 0.3 is 0 Å². The normalized spacial score (nSPS) is 25.6. The van der Waals surface area contributed by atoms with Crippen LogP contribution in [0.5, 0.6) is 0 Å². The third-order valence-corrected chi connectivity index (χ3v) is 9.93. The molecule has 7 rings (SSSR count). The molecule has 2 N–H and O–H groups in total. The van der Waals surface area contributed by atoms with Gasteiger partial charge in [-0.15, -0.1) is 0 Å². The lowest BCUT2D eigenvalue weighted by molar-refractivity contribution is 0.122. The molecule has 39 heavy (non-hydrogen) atoms. The van der Waals surface area contributed by atoms with Crippen LogP contribution in [0.2, 0.25) is 0 Å². The molecule has 0 aromatic heterocycles. The SMILES string of the molecule is OC1CCC(c2cccc(C3(c4cccc(C5CCC(O)CC5)c4)c4ccccc4-c4ccccc43)c2)CC1. The first kappa shape index (κ1) is 24.8. The molecular formula is C37H38O2. The molecule has 4 aromatic carbocycles. The summed E-state index contributed by atoms with van der Waals surface area (Å²) >= 11 is 0. The molecule has 0 heterocycles. The van der Waals surface area contributed by atoms with Gasteiger partial charge in [-0.1, -0.05) is 97.1 Å². The number of fused-ring (bicyclic) bond motifs is 3. The van der Waals surface area contributed by atoms with Crippen LogP contribution >= 0.6 is 0 Å². The van der Waals surface area contributed by atoms with E-state index < -0.39 is 0 Å². The minimum atomic E-state index is -0.387. The van der Waals surface area contributed by atoms with Crippen LogP contribution in [-0.4, -0.2) is 22.4 Å². The van der Waals surface area contributed by atoms with E-state index in [4.69, 9.17) is 0 Å². The number of hydrogen-bond donors (Lipinski definition) is 2. The number of benzene rings is 4. The number of hydrogen-bond acceptors (Lipinski definition) is 2. The lowest BCUT2D eigenvalue weighted by atomic mass is 9.66. The zero-order valence-electron chi connectivity index (χ0n) is 22.6. The van der Waals surface area contributed by atoms with Crippen molar-refractivity contribution < 1.29 is 10.2 Å². The predicted octanol–water partition coefficient (Wildman–Crippen LogP) is 8.09. The molecule has 2 saturated carbocycles. The van der Waals surface area contributed by atoms with Gasteiger partial charge in [0.05, 0.1) is 17.6 Å². The fourth-order valence-electron chi connectivity index (χ4n) is 7.89. The van der Waals surface area contributed by atoms with E-state index in [1.807, 2.05) is 0 Å². The topological polar surface area (TPSA) is 40.5 Å². The van der Waals surface area contributed by atoms with Crippen molar-refractivity contribution in [2.24, 2.45) is 0 Å². The monoisotopic (exact) mass is 514 g/mol. The highest BCUT2D eigenvalue weighted by Gasteiger charge is 2.46. The zero-order valence-corrected chi connectivity index (χ0v) is 22.6. The highest BCUT2D eigenvalue weighted by Crippen LogP contribution is 2.56. The van der Waals surface area contributed by atoms with Crippen LogP contribution in [0.3, 0.4) is 0 Å². The Labute approximate surface area is 232 Å². The number of aliphatic hydroxyl groups is 2. The Morgan fingerprint density at radius 3 is 1.31 bits per heavy atom. The Bertz CT molecular complexity index is 1360. The summed E-state index contributed by atoms with van der Waals surface area (Å²) in [6.45, 7) is 0. The summed E-state index contributed by atoms with van der Waals surface area (Å²) < 4.78 is 0. The standard InChI is InChI=1S/C37H38O2/c38-31-19-15-25(16-20-31)27-7-5-9-29(23-27)37(30-10-6-8-28(24-30)26-17-21-32(39)22-18-26)35-13-3-1-11-33(35)34-12-2-4-14-36(34)37/h1-14,23-26,31-32,38-39H,15-22H2. The molecular weight excluding hydrogens is 476 g/mol. The van der Waals surface area contributed by atoms with Crippen molar-refractivity contribution in [1.82, 2.24) is 0 Å². The van der Waals surface area contributed by atoms with E-state index in [0.717, 1.165) is 51.4 Å². The van der Waals surface area contributed by atoms with Gasteiger partial charge in [-0.25, -0.2) is 0 Å². The van der Waals surface area contributed by atoms with Crippen LogP contribution in [0.1, 0.15) is 96.6 Å². The van der Waals surface area contributed by atoms with Gasteiger partial charge < -0.3 is 10.2 Å². The van der Waals surface area contributed by atoms with Gasteiger partial charge in [-0.05, 0) is 108 Å². The molecule has 3 aliphatic rings. The minimum Gasteiger partial charge on any atom is -0.393 e. The van der Waals surface area contributed by atoms with E-state index in [1.54, 1.807) is 0 Å². The van der Waals surface area contributed by atoms with E-state index in [1.165, 1.54) is 44.5 Å². The average molecular weight is 515 g/mol. The van der Waals surface area contributed by atoms with Crippen molar-refractivity contribution >= 4 is 0 Å². The van der Waals surface area contributed by atoms with Crippen molar-refractivity contribution in [3.8, 4) is 11.1 Å². The second kappa shape index (κ2) is 10.1. The number of rotatable bonds is 4. The van der Waals surface area contributed by atoms with Crippen LogP contribution in [-0.2, 0) is 5.41 Å². The minimum absolute atomic E-state index is 0.145. The van der Waals surface area contributed by atoms with Gasteiger partial charge in [0.25, 0.3) is 0 Å². The average Bonchev–Trinajstić information content (AvgIpc) is 3.29. The van der Waals surface area contributed by atoms with Gasteiger partial charge in [0.1, 0.15) is 0 Å². The van der Waals surface area contributed by atoms with Crippen LogP contribution in [0.15, 0.2) is 97.1 Å². The third-order valence-electron chi connectivity index (χ3n) is 9.93. The summed E-state index contributed by atoms with van der Waals surface area (Å²) in [4.78, 5) is 0. The molecule has 2 nitrogen and oxygen atoms in total. The van der Waals surface area contributed by atoms with E-state index >= 15 is 0 Å². The Morgan fingerprint density at radius 1 is 0.462 bits per heavy atom. The summed E-state index contributed by atoms with van der Waals surface area (Å²) in [5.74, 6) is 0.995. The van der Waals surface area contributed by atoms with E-state index in [2.05, 4.69) is 97.1 Å². The molecule has 0 amide bonds. The summed E-state index contributed by atoms with van der Waals surface area (Å²) in [5, 5.41) is 20.3. The lowest BCUT2D eigenvalue weighted by Gasteiger charge is -2.36. The Hall–Kier alpha value is -3.20. The van der Waals surface area contributed by atoms with Crippen LogP contribution in [0.4, 0.5) is 0 Å². The van der Waals surface area contributed by atoms with Crippen molar-refractivity contribution in [3.63, 3.8) is 0 Å². The first-order valence-electron chi connectivity index (χ1n) is 14.9. The predicted molar refractivity (Wildman–Crippen MR) is 158 cm³/mol. The lowest BCUT2D eigenvalue weighted by Crippen LogP contribution is -2.29.